The van der Waals surface area contributed by atoms with Crippen LogP contribution in [0.25, 0.3) is 11.5 Å². The zero-order chi connectivity index (χ0) is 20.4. The highest BCUT2D eigenvalue weighted by Crippen LogP contribution is 2.28. The Labute approximate surface area is 173 Å². The second-order valence-electron chi connectivity index (χ2n) is 6.93. The average Bonchev–Trinajstić information content (AvgIpc) is 3.37. The number of sulfonamides is 1. The molecule has 0 spiro atoms. The molecular weight excluding hydrogens is 410 g/mol. The highest BCUT2D eigenvalue weighted by atomic mass is 32.2. The molecule has 1 fully saturated rings. The molecule has 3 aromatic rings. The molecule has 0 bridgehead atoms. The lowest BCUT2D eigenvalue weighted by atomic mass is 9.97. The number of aryl methyl sites for hydroxylation is 1. The van der Waals surface area contributed by atoms with E-state index in [2.05, 4.69) is 10.3 Å². The number of anilines is 1. The molecule has 0 aliphatic carbocycles. The van der Waals surface area contributed by atoms with Crippen LogP contribution >= 0.6 is 11.3 Å². The van der Waals surface area contributed by atoms with Crippen LogP contribution in [0.4, 0.5) is 5.13 Å². The molecule has 1 aromatic carbocycles. The van der Waals surface area contributed by atoms with E-state index in [4.69, 9.17) is 4.42 Å². The summed E-state index contributed by atoms with van der Waals surface area (Å²) in [4.78, 5) is 17.3. The minimum Gasteiger partial charge on any atom is -0.460 e. The van der Waals surface area contributed by atoms with Gasteiger partial charge in [0, 0.05) is 24.4 Å². The number of nitrogens with zero attached hydrogens (tertiary/aromatic N) is 2. The van der Waals surface area contributed by atoms with Gasteiger partial charge in [-0.2, -0.15) is 4.31 Å². The molecule has 9 heteroatoms. The van der Waals surface area contributed by atoms with Gasteiger partial charge in [0.25, 0.3) is 0 Å². The Bertz CT molecular complexity index is 1100. The molecule has 1 amide bonds. The maximum atomic E-state index is 12.7. The summed E-state index contributed by atoms with van der Waals surface area (Å²) in [5.41, 5.74) is 0.683. The number of furan rings is 1. The largest absolute Gasteiger partial charge is 0.460 e. The number of rotatable bonds is 5. The molecule has 0 atom stereocenters. The Hall–Kier alpha value is -2.49. The molecule has 0 unspecified atom stereocenters. The Morgan fingerprint density at radius 1 is 1.17 bits per heavy atom. The van der Waals surface area contributed by atoms with Crippen molar-refractivity contribution in [2.24, 2.45) is 5.92 Å². The van der Waals surface area contributed by atoms with Crippen LogP contribution in [0.3, 0.4) is 0 Å². The van der Waals surface area contributed by atoms with Gasteiger partial charge in [-0.25, -0.2) is 13.4 Å². The van der Waals surface area contributed by atoms with Crippen molar-refractivity contribution in [2.45, 2.75) is 24.7 Å². The molecule has 7 nitrogen and oxygen atoms in total. The minimum absolute atomic E-state index is 0.127. The molecule has 2 aromatic heterocycles. The van der Waals surface area contributed by atoms with Crippen molar-refractivity contribution in [3.05, 3.63) is 53.6 Å². The zero-order valence-electron chi connectivity index (χ0n) is 15.9. The summed E-state index contributed by atoms with van der Waals surface area (Å²) >= 11 is 1.34. The summed E-state index contributed by atoms with van der Waals surface area (Å²) in [6.45, 7) is 2.51. The van der Waals surface area contributed by atoms with Crippen LogP contribution in [-0.4, -0.2) is 36.7 Å². The lowest BCUT2D eigenvalue weighted by molar-refractivity contribution is -0.120. The lowest BCUT2D eigenvalue weighted by Crippen LogP contribution is -2.41. The Morgan fingerprint density at radius 3 is 2.55 bits per heavy atom. The fourth-order valence-corrected chi connectivity index (χ4v) is 5.52. The molecule has 29 heavy (non-hydrogen) atoms. The van der Waals surface area contributed by atoms with Crippen LogP contribution in [0, 0.1) is 12.8 Å². The first kappa shape index (κ1) is 19.8. The highest BCUT2D eigenvalue weighted by molar-refractivity contribution is 7.89. The predicted molar refractivity (Wildman–Crippen MR) is 111 cm³/mol. The van der Waals surface area contributed by atoms with Crippen molar-refractivity contribution in [1.29, 1.82) is 0 Å². The minimum atomic E-state index is -3.51. The maximum Gasteiger partial charge on any atom is 0.243 e. The van der Waals surface area contributed by atoms with Gasteiger partial charge in [0.15, 0.2) is 10.9 Å². The van der Waals surface area contributed by atoms with Gasteiger partial charge in [-0.3, -0.25) is 4.79 Å². The van der Waals surface area contributed by atoms with Gasteiger partial charge in [-0.15, -0.1) is 11.3 Å². The predicted octanol–water partition coefficient (Wildman–Crippen LogP) is 3.75. The number of piperidine rings is 1. The lowest BCUT2D eigenvalue weighted by Gasteiger charge is -2.30. The molecular formula is C20H21N3O4S2. The standard InChI is InChI=1S/C20H21N3O4S2/c1-14-7-8-18(27-14)17-13-28-20(21-17)22-19(24)15-9-11-23(12-10-15)29(25,26)16-5-3-2-4-6-16/h2-8,13,15H,9-12H2,1H3,(H,21,22,24). The van der Waals surface area contributed by atoms with E-state index in [9.17, 15) is 13.2 Å². The van der Waals surface area contributed by atoms with Gasteiger partial charge in [-0.05, 0) is 44.0 Å². The summed E-state index contributed by atoms with van der Waals surface area (Å²) in [6.07, 6.45) is 0.959. The maximum absolute atomic E-state index is 12.7. The van der Waals surface area contributed by atoms with E-state index in [0.29, 0.717) is 42.5 Å². The molecule has 3 heterocycles. The first-order chi connectivity index (χ1) is 13.9. The fraction of sp³-hybridized carbons (Fsp3) is 0.300. The number of nitrogens with one attached hydrogen (secondary N) is 1. The summed E-state index contributed by atoms with van der Waals surface area (Å²) in [7, 11) is -3.51. The molecule has 1 aliphatic rings. The summed E-state index contributed by atoms with van der Waals surface area (Å²) in [6, 6.07) is 12.1. The summed E-state index contributed by atoms with van der Waals surface area (Å²) in [5.74, 6) is 1.10. The SMILES string of the molecule is Cc1ccc(-c2csc(NC(=O)C3CCN(S(=O)(=O)c4ccccc4)CC3)n2)o1. The topological polar surface area (TPSA) is 92.5 Å². The van der Waals surface area contributed by atoms with E-state index in [1.807, 2.05) is 24.4 Å². The monoisotopic (exact) mass is 431 g/mol. The normalized spacial score (nSPS) is 16.0. The molecule has 1 aliphatic heterocycles. The molecule has 152 valence electrons. The smallest absolute Gasteiger partial charge is 0.243 e. The Kier molecular flexibility index (Phi) is 5.53. The Morgan fingerprint density at radius 2 is 1.90 bits per heavy atom. The van der Waals surface area contributed by atoms with Gasteiger partial charge in [0.1, 0.15) is 11.5 Å². The van der Waals surface area contributed by atoms with Crippen molar-refractivity contribution in [3.63, 3.8) is 0 Å². The van der Waals surface area contributed by atoms with Gasteiger partial charge in [0.2, 0.25) is 15.9 Å². The number of hydrogen-bond acceptors (Lipinski definition) is 6. The van der Waals surface area contributed by atoms with E-state index in [1.54, 1.807) is 30.3 Å². The molecule has 0 radical (unpaired) electrons. The highest BCUT2D eigenvalue weighted by Gasteiger charge is 2.32. The number of amides is 1. The van der Waals surface area contributed by atoms with Crippen LogP contribution in [0.2, 0.25) is 0 Å². The summed E-state index contributed by atoms with van der Waals surface area (Å²) in [5, 5.41) is 5.20. The van der Waals surface area contributed by atoms with E-state index >= 15 is 0 Å². The van der Waals surface area contributed by atoms with Crippen LogP contribution in [0.1, 0.15) is 18.6 Å². The third-order valence-corrected chi connectivity index (χ3v) is 7.60. The van der Waals surface area contributed by atoms with Gasteiger partial charge in [-0.1, -0.05) is 18.2 Å². The van der Waals surface area contributed by atoms with Crippen molar-refractivity contribution in [1.82, 2.24) is 9.29 Å². The number of thiazole rings is 1. The van der Waals surface area contributed by atoms with E-state index in [1.165, 1.54) is 15.6 Å². The molecule has 0 saturated carbocycles. The second kappa shape index (κ2) is 8.10. The second-order valence-corrected chi connectivity index (χ2v) is 9.72. The molecule has 1 N–H and O–H groups in total. The molecule has 1 saturated heterocycles. The van der Waals surface area contributed by atoms with E-state index in [0.717, 1.165) is 5.76 Å². The van der Waals surface area contributed by atoms with Gasteiger partial charge >= 0.3 is 0 Å². The van der Waals surface area contributed by atoms with E-state index < -0.39 is 10.0 Å². The van der Waals surface area contributed by atoms with Crippen molar-refractivity contribution in [2.75, 3.05) is 18.4 Å². The Balaban J connectivity index is 1.35. The van der Waals surface area contributed by atoms with Gasteiger partial charge in [0.05, 0.1) is 4.90 Å². The van der Waals surface area contributed by atoms with E-state index in [-0.39, 0.29) is 16.7 Å². The van der Waals surface area contributed by atoms with Crippen LogP contribution in [0.15, 0.2) is 57.2 Å². The van der Waals surface area contributed by atoms with Gasteiger partial charge < -0.3 is 9.73 Å². The number of aromatic nitrogens is 1. The van der Waals surface area contributed by atoms with Crippen LogP contribution in [0.5, 0.6) is 0 Å². The number of carbonyl (C=O) groups excluding carboxylic acids is 1. The van der Waals surface area contributed by atoms with Crippen molar-refractivity contribution >= 4 is 32.4 Å². The number of carbonyl (C=O) groups is 1. The molecule has 4 rings (SSSR count). The van der Waals surface area contributed by atoms with Crippen molar-refractivity contribution in [3.8, 4) is 11.5 Å². The third kappa shape index (κ3) is 4.26. The summed E-state index contributed by atoms with van der Waals surface area (Å²) < 4.78 is 32.4. The van der Waals surface area contributed by atoms with Crippen LogP contribution < -0.4 is 5.32 Å². The zero-order valence-corrected chi connectivity index (χ0v) is 17.5. The van der Waals surface area contributed by atoms with Crippen LogP contribution in [-0.2, 0) is 14.8 Å². The fourth-order valence-electron chi connectivity index (χ4n) is 3.32. The first-order valence-corrected chi connectivity index (χ1v) is 11.6. The number of benzene rings is 1. The van der Waals surface area contributed by atoms with Crippen molar-refractivity contribution < 1.29 is 17.6 Å². The third-order valence-electron chi connectivity index (χ3n) is 4.93. The quantitative estimate of drug-likeness (QED) is 0.664. The number of hydrogen-bond donors (Lipinski definition) is 1. The average molecular weight is 432 g/mol. The first-order valence-electron chi connectivity index (χ1n) is 9.32.